The molecule has 4 nitrogen and oxygen atoms in total. The molecule has 130 valence electrons. The molecule has 1 aliphatic carbocycles. The third-order valence-electron chi connectivity index (χ3n) is 5.26. The van der Waals surface area contributed by atoms with Gasteiger partial charge < -0.3 is 10.2 Å². The summed E-state index contributed by atoms with van der Waals surface area (Å²) in [4.78, 5) is 26.5. The molecular formula is C20H28N2O2. The molecule has 1 fully saturated rings. The van der Waals surface area contributed by atoms with E-state index < -0.39 is 0 Å². The average Bonchev–Trinajstić information content (AvgIpc) is 2.61. The molecule has 1 aliphatic heterocycles. The van der Waals surface area contributed by atoms with E-state index in [0.717, 1.165) is 62.9 Å². The zero-order chi connectivity index (χ0) is 16.9. The molecule has 0 saturated heterocycles. The topological polar surface area (TPSA) is 49.4 Å². The van der Waals surface area contributed by atoms with Gasteiger partial charge in [-0.25, -0.2) is 0 Å². The molecule has 1 aromatic rings. The van der Waals surface area contributed by atoms with Crippen molar-refractivity contribution in [2.75, 3.05) is 16.8 Å². The molecule has 0 bridgehead atoms. The van der Waals surface area contributed by atoms with E-state index in [9.17, 15) is 9.59 Å². The molecule has 3 rings (SSSR count). The molecule has 0 spiro atoms. The fraction of sp³-hybridized carbons (Fsp3) is 0.600. The Morgan fingerprint density at radius 3 is 2.75 bits per heavy atom. The maximum atomic E-state index is 12.4. The summed E-state index contributed by atoms with van der Waals surface area (Å²) >= 11 is 0. The Balaban J connectivity index is 1.71. The Morgan fingerprint density at radius 1 is 1.21 bits per heavy atom. The van der Waals surface area contributed by atoms with Gasteiger partial charge in [0.25, 0.3) is 0 Å². The first-order valence-corrected chi connectivity index (χ1v) is 9.43. The predicted molar refractivity (Wildman–Crippen MR) is 97.2 cm³/mol. The van der Waals surface area contributed by atoms with Crippen LogP contribution in [0.1, 0.15) is 63.9 Å². The fourth-order valence-corrected chi connectivity index (χ4v) is 3.81. The number of amides is 2. The van der Waals surface area contributed by atoms with Gasteiger partial charge in [0.2, 0.25) is 11.8 Å². The van der Waals surface area contributed by atoms with Crippen LogP contribution < -0.4 is 10.2 Å². The second kappa shape index (κ2) is 7.82. The summed E-state index contributed by atoms with van der Waals surface area (Å²) < 4.78 is 0. The number of fused-ring (bicyclic) bond motifs is 1. The van der Waals surface area contributed by atoms with Gasteiger partial charge in [-0.3, -0.25) is 9.59 Å². The van der Waals surface area contributed by atoms with Crippen molar-refractivity contribution in [3.8, 4) is 0 Å². The lowest BCUT2D eigenvalue weighted by atomic mass is 9.88. The largest absolute Gasteiger partial charge is 0.326 e. The van der Waals surface area contributed by atoms with Crippen molar-refractivity contribution < 1.29 is 9.59 Å². The first-order chi connectivity index (χ1) is 11.7. The Kier molecular flexibility index (Phi) is 5.54. The Labute approximate surface area is 144 Å². The van der Waals surface area contributed by atoms with Gasteiger partial charge in [-0.05, 0) is 49.4 Å². The van der Waals surface area contributed by atoms with Gasteiger partial charge in [0.15, 0.2) is 0 Å². The molecule has 2 amide bonds. The molecule has 1 heterocycles. The number of benzene rings is 1. The Morgan fingerprint density at radius 2 is 2.00 bits per heavy atom. The van der Waals surface area contributed by atoms with Crippen LogP contribution in [0, 0.1) is 5.92 Å². The highest BCUT2D eigenvalue weighted by Gasteiger charge is 2.25. The number of unbranched alkanes of at least 4 members (excludes halogenated alkanes) is 1. The summed E-state index contributed by atoms with van der Waals surface area (Å²) in [5.41, 5.74) is 3.07. The number of carbonyl (C=O) groups is 2. The minimum Gasteiger partial charge on any atom is -0.326 e. The summed E-state index contributed by atoms with van der Waals surface area (Å²) in [6, 6.07) is 6.00. The zero-order valence-electron chi connectivity index (χ0n) is 14.6. The smallest absolute Gasteiger partial charge is 0.227 e. The molecule has 1 aromatic carbocycles. The summed E-state index contributed by atoms with van der Waals surface area (Å²) in [5, 5.41) is 3.09. The SMILES string of the molecule is CCCCN1C(=O)CCc2cc(NC(=O)C3CCCCC3)ccc21. The van der Waals surface area contributed by atoms with E-state index in [2.05, 4.69) is 18.3 Å². The summed E-state index contributed by atoms with van der Waals surface area (Å²) in [7, 11) is 0. The molecule has 1 saturated carbocycles. The van der Waals surface area contributed by atoms with E-state index in [1.807, 2.05) is 17.0 Å². The quantitative estimate of drug-likeness (QED) is 0.877. The third kappa shape index (κ3) is 3.80. The number of carbonyl (C=O) groups excluding carboxylic acids is 2. The van der Waals surface area contributed by atoms with Crippen molar-refractivity contribution in [1.82, 2.24) is 0 Å². The van der Waals surface area contributed by atoms with Crippen LogP contribution in [-0.2, 0) is 16.0 Å². The second-order valence-corrected chi connectivity index (χ2v) is 7.07. The summed E-state index contributed by atoms with van der Waals surface area (Å²) in [6.45, 7) is 2.93. The minimum atomic E-state index is 0.157. The van der Waals surface area contributed by atoms with E-state index in [4.69, 9.17) is 0 Å². The Bertz CT molecular complexity index is 606. The van der Waals surface area contributed by atoms with Crippen LogP contribution in [0.4, 0.5) is 11.4 Å². The van der Waals surface area contributed by atoms with Crippen molar-refractivity contribution in [1.29, 1.82) is 0 Å². The highest BCUT2D eigenvalue weighted by Crippen LogP contribution is 2.31. The van der Waals surface area contributed by atoms with Gasteiger partial charge in [0.1, 0.15) is 0 Å². The molecule has 0 radical (unpaired) electrons. The molecule has 24 heavy (non-hydrogen) atoms. The molecular weight excluding hydrogens is 300 g/mol. The van der Waals surface area contributed by atoms with Crippen molar-refractivity contribution in [2.24, 2.45) is 5.92 Å². The van der Waals surface area contributed by atoms with Crippen LogP contribution in [0.15, 0.2) is 18.2 Å². The summed E-state index contributed by atoms with van der Waals surface area (Å²) in [6.07, 6.45) is 9.03. The van der Waals surface area contributed by atoms with Crippen molar-refractivity contribution in [2.45, 2.75) is 64.7 Å². The standard InChI is InChI=1S/C20H28N2O2/c1-2-3-13-22-18-11-10-17(14-16(18)9-12-19(22)23)21-20(24)15-7-5-4-6-8-15/h10-11,14-15H,2-9,12-13H2,1H3,(H,21,24). The van der Waals surface area contributed by atoms with E-state index in [0.29, 0.717) is 6.42 Å². The van der Waals surface area contributed by atoms with Crippen LogP contribution in [0.5, 0.6) is 0 Å². The predicted octanol–water partition coefficient (Wildman–Crippen LogP) is 4.28. The monoisotopic (exact) mass is 328 g/mol. The number of hydrogen-bond donors (Lipinski definition) is 1. The lowest BCUT2D eigenvalue weighted by Gasteiger charge is -2.30. The number of anilines is 2. The summed E-state index contributed by atoms with van der Waals surface area (Å²) in [5.74, 6) is 0.539. The maximum Gasteiger partial charge on any atom is 0.227 e. The highest BCUT2D eigenvalue weighted by atomic mass is 16.2. The van der Waals surface area contributed by atoms with Gasteiger partial charge in [-0.15, -0.1) is 0 Å². The molecule has 4 heteroatoms. The number of nitrogens with one attached hydrogen (secondary N) is 1. The number of rotatable bonds is 5. The van der Waals surface area contributed by atoms with Gasteiger partial charge in [0.05, 0.1) is 0 Å². The van der Waals surface area contributed by atoms with Gasteiger partial charge in [-0.1, -0.05) is 32.6 Å². The van der Waals surface area contributed by atoms with Gasteiger partial charge in [-0.2, -0.15) is 0 Å². The maximum absolute atomic E-state index is 12.4. The molecule has 0 unspecified atom stereocenters. The number of hydrogen-bond acceptors (Lipinski definition) is 2. The highest BCUT2D eigenvalue weighted by molar-refractivity contribution is 5.98. The van der Waals surface area contributed by atoms with Crippen molar-refractivity contribution in [3.63, 3.8) is 0 Å². The van der Waals surface area contributed by atoms with E-state index in [1.54, 1.807) is 0 Å². The van der Waals surface area contributed by atoms with Crippen molar-refractivity contribution in [3.05, 3.63) is 23.8 Å². The van der Waals surface area contributed by atoms with Gasteiger partial charge >= 0.3 is 0 Å². The van der Waals surface area contributed by atoms with Crippen LogP contribution in [0.3, 0.4) is 0 Å². The van der Waals surface area contributed by atoms with Crippen molar-refractivity contribution >= 4 is 23.2 Å². The van der Waals surface area contributed by atoms with E-state index in [1.165, 1.54) is 12.0 Å². The normalized spacial score (nSPS) is 18.4. The van der Waals surface area contributed by atoms with Crippen LogP contribution >= 0.6 is 0 Å². The number of aryl methyl sites for hydroxylation is 1. The lowest BCUT2D eigenvalue weighted by Crippen LogP contribution is -2.35. The van der Waals surface area contributed by atoms with Crippen LogP contribution in [0.2, 0.25) is 0 Å². The van der Waals surface area contributed by atoms with E-state index in [-0.39, 0.29) is 17.7 Å². The van der Waals surface area contributed by atoms with Crippen LogP contribution in [0.25, 0.3) is 0 Å². The second-order valence-electron chi connectivity index (χ2n) is 7.07. The molecule has 1 N–H and O–H groups in total. The van der Waals surface area contributed by atoms with Gasteiger partial charge in [0, 0.05) is 30.3 Å². The number of nitrogens with zero attached hydrogens (tertiary/aromatic N) is 1. The molecule has 0 aromatic heterocycles. The zero-order valence-corrected chi connectivity index (χ0v) is 14.6. The third-order valence-corrected chi connectivity index (χ3v) is 5.26. The van der Waals surface area contributed by atoms with Crippen LogP contribution in [-0.4, -0.2) is 18.4 Å². The fourth-order valence-electron chi connectivity index (χ4n) is 3.81. The first-order valence-electron chi connectivity index (χ1n) is 9.43. The molecule has 0 atom stereocenters. The van der Waals surface area contributed by atoms with E-state index >= 15 is 0 Å². The lowest BCUT2D eigenvalue weighted by molar-refractivity contribution is -0.121. The Hall–Kier alpha value is -1.84. The average molecular weight is 328 g/mol. The first kappa shape index (κ1) is 17.0. The molecule has 2 aliphatic rings. The minimum absolute atomic E-state index is 0.157.